The third-order valence-electron chi connectivity index (χ3n) is 2.89. The quantitative estimate of drug-likeness (QED) is 0.665. The molecule has 3 nitrogen and oxygen atoms in total. The first kappa shape index (κ1) is 14.4. The van der Waals surface area contributed by atoms with Crippen molar-refractivity contribution in [2.45, 2.75) is 18.6 Å². The molecule has 1 aromatic carbocycles. The Bertz CT molecular complexity index is 550. The van der Waals surface area contributed by atoms with Gasteiger partial charge in [-0.05, 0) is 12.2 Å². The highest BCUT2D eigenvalue weighted by molar-refractivity contribution is 5.96. The Balaban J connectivity index is 1.85. The summed E-state index contributed by atoms with van der Waals surface area (Å²) >= 11 is 0. The molecule has 0 aromatic heterocycles. The summed E-state index contributed by atoms with van der Waals surface area (Å²) in [6.45, 7) is 0.0324. The number of halogens is 2. The third-order valence-corrected chi connectivity index (χ3v) is 2.89. The summed E-state index contributed by atoms with van der Waals surface area (Å²) in [5.74, 6) is -3.07. The Hall–Kier alpha value is -2.01. The van der Waals surface area contributed by atoms with Crippen LogP contribution >= 0.6 is 0 Å². The van der Waals surface area contributed by atoms with Gasteiger partial charge < -0.3 is 4.74 Å². The average molecular weight is 279 g/mol. The summed E-state index contributed by atoms with van der Waals surface area (Å²) in [5, 5.41) is 0. The molecule has 1 aliphatic rings. The Morgan fingerprint density at radius 1 is 1.35 bits per heavy atom. The number of hydrogen-bond donors (Lipinski definition) is 1. The van der Waals surface area contributed by atoms with Gasteiger partial charge >= 0.3 is 0 Å². The molecule has 1 unspecified atom stereocenters. The fourth-order valence-corrected chi connectivity index (χ4v) is 1.84. The van der Waals surface area contributed by atoms with Gasteiger partial charge in [0.1, 0.15) is 5.83 Å². The lowest BCUT2D eigenvalue weighted by molar-refractivity contribution is 0.0936. The Kier molecular flexibility index (Phi) is 4.29. The molecule has 1 aliphatic carbocycles. The van der Waals surface area contributed by atoms with Crippen LogP contribution in [0.5, 0.6) is 0 Å². The molecule has 0 saturated heterocycles. The molecule has 2 rings (SSSR count). The van der Waals surface area contributed by atoms with Crippen molar-refractivity contribution in [1.82, 2.24) is 0 Å². The van der Waals surface area contributed by atoms with E-state index in [4.69, 9.17) is 10.5 Å². The lowest BCUT2D eigenvalue weighted by Crippen LogP contribution is -2.33. The van der Waals surface area contributed by atoms with E-state index < -0.39 is 18.0 Å². The van der Waals surface area contributed by atoms with Gasteiger partial charge in [-0.3, -0.25) is 10.5 Å². The average Bonchev–Trinajstić information content (AvgIpc) is 2.41. The number of allylic oxidation sites excluding steroid dienone is 1. The number of benzene rings is 1. The summed E-state index contributed by atoms with van der Waals surface area (Å²) in [5.41, 5.74) is 5.72. The second-order valence-electron chi connectivity index (χ2n) is 4.59. The standard InChI is InChI=1S/C15H15F2NO2/c16-12-10-15(17,18)8-6-14(12)20-9-7-13(19)11-4-2-1-3-5-11/h1-6,8H,7,9-10,18H2. The van der Waals surface area contributed by atoms with Crippen molar-refractivity contribution in [3.8, 4) is 0 Å². The van der Waals surface area contributed by atoms with E-state index in [0.29, 0.717) is 5.56 Å². The molecule has 2 N–H and O–H groups in total. The van der Waals surface area contributed by atoms with E-state index in [0.717, 1.165) is 12.2 Å². The van der Waals surface area contributed by atoms with Crippen molar-refractivity contribution in [3.05, 3.63) is 59.6 Å². The number of ether oxygens (including phenoxy) is 1. The number of hydrogen-bond acceptors (Lipinski definition) is 3. The maximum Gasteiger partial charge on any atom is 0.184 e. The van der Waals surface area contributed by atoms with Crippen LogP contribution < -0.4 is 5.73 Å². The largest absolute Gasteiger partial charge is 0.490 e. The van der Waals surface area contributed by atoms with Crippen LogP contribution in [0.2, 0.25) is 0 Å². The lowest BCUT2D eigenvalue weighted by atomic mass is 10.1. The summed E-state index contributed by atoms with van der Waals surface area (Å²) in [6.07, 6.45) is 1.78. The SMILES string of the molecule is NC1(F)C=CC(OCCC(=O)c2ccccc2)=C(F)C1. The van der Waals surface area contributed by atoms with Crippen LogP contribution in [-0.2, 0) is 4.74 Å². The van der Waals surface area contributed by atoms with E-state index in [-0.39, 0.29) is 24.6 Å². The van der Waals surface area contributed by atoms with Gasteiger partial charge in [-0.15, -0.1) is 0 Å². The Morgan fingerprint density at radius 3 is 2.70 bits per heavy atom. The summed E-state index contributed by atoms with van der Waals surface area (Å²) < 4.78 is 31.9. The van der Waals surface area contributed by atoms with Crippen molar-refractivity contribution >= 4 is 5.78 Å². The fourth-order valence-electron chi connectivity index (χ4n) is 1.84. The van der Waals surface area contributed by atoms with Gasteiger partial charge in [0.2, 0.25) is 0 Å². The van der Waals surface area contributed by atoms with Gasteiger partial charge in [0.15, 0.2) is 17.3 Å². The molecule has 1 aromatic rings. The molecule has 20 heavy (non-hydrogen) atoms. The minimum absolute atomic E-state index is 0.0324. The first-order valence-electron chi connectivity index (χ1n) is 6.25. The van der Waals surface area contributed by atoms with Crippen molar-refractivity contribution < 1.29 is 18.3 Å². The van der Waals surface area contributed by atoms with E-state index >= 15 is 0 Å². The van der Waals surface area contributed by atoms with Gasteiger partial charge in [-0.2, -0.15) is 0 Å². The zero-order valence-corrected chi connectivity index (χ0v) is 10.8. The molecule has 0 spiro atoms. The molecule has 0 radical (unpaired) electrons. The van der Waals surface area contributed by atoms with Crippen molar-refractivity contribution in [2.24, 2.45) is 5.73 Å². The molecule has 0 saturated carbocycles. The first-order valence-corrected chi connectivity index (χ1v) is 6.25. The molecule has 0 bridgehead atoms. The van der Waals surface area contributed by atoms with E-state index in [1.807, 2.05) is 6.07 Å². The molecule has 1 atom stereocenters. The molecule has 5 heteroatoms. The van der Waals surface area contributed by atoms with Gasteiger partial charge in [0, 0.05) is 12.0 Å². The normalized spacial score (nSPS) is 21.9. The smallest absolute Gasteiger partial charge is 0.184 e. The molecule has 106 valence electrons. The topological polar surface area (TPSA) is 52.3 Å². The number of ketones is 1. The monoisotopic (exact) mass is 279 g/mol. The van der Waals surface area contributed by atoms with Crippen molar-refractivity contribution in [1.29, 1.82) is 0 Å². The third kappa shape index (κ3) is 3.74. The number of carbonyl (C=O) groups excluding carboxylic acids is 1. The summed E-state index contributed by atoms with van der Waals surface area (Å²) in [6, 6.07) is 8.75. The predicted octanol–water partition coefficient (Wildman–Crippen LogP) is 3.04. The molecular weight excluding hydrogens is 264 g/mol. The highest BCUT2D eigenvalue weighted by atomic mass is 19.2. The lowest BCUT2D eigenvalue weighted by Gasteiger charge is -2.20. The molecule has 0 heterocycles. The number of carbonyl (C=O) groups is 1. The van der Waals surface area contributed by atoms with Gasteiger partial charge in [-0.1, -0.05) is 30.3 Å². The van der Waals surface area contributed by atoms with Crippen molar-refractivity contribution in [3.63, 3.8) is 0 Å². The number of Topliss-reactive ketones (excluding diaryl/α,β-unsaturated/α-hetero) is 1. The first-order chi connectivity index (χ1) is 9.48. The Morgan fingerprint density at radius 2 is 2.05 bits per heavy atom. The van der Waals surface area contributed by atoms with Gasteiger partial charge in [0.05, 0.1) is 13.0 Å². The fraction of sp³-hybridized carbons (Fsp3) is 0.267. The van der Waals surface area contributed by atoms with Crippen LogP contribution in [0.15, 0.2) is 54.1 Å². The maximum absolute atomic E-state index is 13.5. The maximum atomic E-state index is 13.5. The number of rotatable bonds is 5. The zero-order chi connectivity index (χ0) is 14.6. The van der Waals surface area contributed by atoms with E-state index in [9.17, 15) is 13.6 Å². The number of nitrogens with two attached hydrogens (primary N) is 1. The van der Waals surface area contributed by atoms with Crippen LogP contribution in [0.4, 0.5) is 8.78 Å². The van der Waals surface area contributed by atoms with Crippen molar-refractivity contribution in [2.75, 3.05) is 6.61 Å². The molecule has 0 fully saturated rings. The highest BCUT2D eigenvalue weighted by Crippen LogP contribution is 2.27. The van der Waals surface area contributed by atoms with Gasteiger partial charge in [-0.25, -0.2) is 8.78 Å². The molecule has 0 amide bonds. The van der Waals surface area contributed by atoms with Crippen LogP contribution in [-0.4, -0.2) is 18.2 Å². The minimum atomic E-state index is -2.17. The summed E-state index contributed by atoms with van der Waals surface area (Å²) in [4.78, 5) is 11.8. The van der Waals surface area contributed by atoms with Crippen LogP contribution in [0.3, 0.4) is 0 Å². The van der Waals surface area contributed by atoms with Crippen LogP contribution in [0, 0.1) is 0 Å². The highest BCUT2D eigenvalue weighted by Gasteiger charge is 2.28. The second-order valence-corrected chi connectivity index (χ2v) is 4.59. The predicted molar refractivity (Wildman–Crippen MR) is 71.3 cm³/mol. The molecular formula is C15H15F2NO2. The Labute approximate surface area is 115 Å². The van der Waals surface area contributed by atoms with E-state index in [2.05, 4.69) is 0 Å². The molecule has 0 aliphatic heterocycles. The van der Waals surface area contributed by atoms with Crippen LogP contribution in [0.1, 0.15) is 23.2 Å². The number of alkyl halides is 1. The van der Waals surface area contributed by atoms with E-state index in [1.54, 1.807) is 24.3 Å². The van der Waals surface area contributed by atoms with Gasteiger partial charge in [0.25, 0.3) is 0 Å². The second kappa shape index (κ2) is 5.96. The van der Waals surface area contributed by atoms with E-state index in [1.165, 1.54) is 0 Å². The summed E-state index contributed by atoms with van der Waals surface area (Å²) in [7, 11) is 0. The minimum Gasteiger partial charge on any atom is -0.490 e. The zero-order valence-electron chi connectivity index (χ0n) is 10.8. The van der Waals surface area contributed by atoms with Crippen LogP contribution in [0.25, 0.3) is 0 Å².